The van der Waals surface area contributed by atoms with Crippen LogP contribution in [0.2, 0.25) is 0 Å². The molecule has 4 aliphatic rings. The highest BCUT2D eigenvalue weighted by atomic mass is 16.5. The summed E-state index contributed by atoms with van der Waals surface area (Å²) in [4.78, 5) is 58.7. The summed E-state index contributed by atoms with van der Waals surface area (Å²) in [6.45, 7) is 8.80. The van der Waals surface area contributed by atoms with E-state index in [9.17, 15) is 19.2 Å². The van der Waals surface area contributed by atoms with Gasteiger partial charge in [-0.1, -0.05) is 12.1 Å². The van der Waals surface area contributed by atoms with Crippen LogP contribution in [0.1, 0.15) is 54.8 Å². The predicted octanol–water partition coefficient (Wildman–Crippen LogP) is 4.03. The molecule has 0 spiro atoms. The number of carbonyl (C=O) groups is 3. The molecule has 2 aromatic carbocycles. The average molecular weight is 820 g/mol. The van der Waals surface area contributed by atoms with Gasteiger partial charge in [0, 0.05) is 94.6 Å². The number of methoxy groups -OCH3 is 2. The van der Waals surface area contributed by atoms with E-state index >= 15 is 0 Å². The average Bonchev–Trinajstić information content (AvgIpc) is 3.77. The number of piperazine rings is 1. The Kier molecular flexibility index (Phi) is 12.3. The maximum Gasteiger partial charge on any atom is 0.317 e. The summed E-state index contributed by atoms with van der Waals surface area (Å²) in [5.74, 6) is 1.72. The van der Waals surface area contributed by atoms with Crippen LogP contribution < -0.4 is 30.6 Å². The number of aryl methyl sites for hydroxylation is 1. The number of hydrogen-bond acceptors (Lipinski definition) is 10. The quantitative estimate of drug-likeness (QED) is 0.213. The zero-order chi connectivity index (χ0) is 41.9. The lowest BCUT2D eigenvalue weighted by atomic mass is 9.91. The van der Waals surface area contributed by atoms with Crippen molar-refractivity contribution in [2.24, 2.45) is 13.0 Å². The molecule has 0 bridgehead atoms. The summed E-state index contributed by atoms with van der Waals surface area (Å²) >= 11 is 0. The molecule has 3 fully saturated rings. The van der Waals surface area contributed by atoms with Crippen LogP contribution in [0, 0.1) is 5.92 Å². The molecule has 4 aromatic rings. The number of likely N-dealkylation sites (tertiary alicyclic amines) is 1. The molecule has 318 valence electrons. The van der Waals surface area contributed by atoms with Gasteiger partial charge in [-0.3, -0.25) is 34.2 Å². The van der Waals surface area contributed by atoms with Crippen LogP contribution in [-0.4, -0.2) is 121 Å². The molecule has 60 heavy (non-hydrogen) atoms. The Morgan fingerprint density at radius 3 is 2.22 bits per heavy atom. The number of benzene rings is 2. The first-order chi connectivity index (χ1) is 29.1. The molecule has 1 unspecified atom stereocenters. The SMILES string of the molecule is CNC(=O)N1CCc2c(-c3cc(OC)c(CN4CCC(CCN5CCN(c6ccc(-c7cnn(C8CCC(=O)NC8=O)c7)cc6)CC5)CC4)c(OC)c3)cn(C)c(=O)c2C1. The molecule has 4 aliphatic heterocycles. The second kappa shape index (κ2) is 17.9. The van der Waals surface area contributed by atoms with Crippen molar-refractivity contribution in [2.75, 3.05) is 78.5 Å². The van der Waals surface area contributed by atoms with E-state index in [0.29, 0.717) is 37.3 Å². The number of pyridine rings is 1. The number of imide groups is 1. The fourth-order valence-corrected chi connectivity index (χ4v) is 9.38. The molecule has 0 aliphatic carbocycles. The van der Waals surface area contributed by atoms with E-state index in [1.54, 1.807) is 48.7 Å². The molecule has 1 atom stereocenters. The molecule has 3 saturated heterocycles. The fraction of sp³-hybridized carbons (Fsp3) is 0.489. The first-order valence-corrected chi connectivity index (χ1v) is 21.2. The largest absolute Gasteiger partial charge is 0.496 e. The van der Waals surface area contributed by atoms with E-state index in [1.807, 2.05) is 12.4 Å². The van der Waals surface area contributed by atoms with Gasteiger partial charge < -0.3 is 29.2 Å². The minimum Gasteiger partial charge on any atom is -0.496 e. The summed E-state index contributed by atoms with van der Waals surface area (Å²) in [5.41, 5.74) is 7.67. The van der Waals surface area contributed by atoms with Gasteiger partial charge in [-0.15, -0.1) is 0 Å². The number of amides is 4. The molecule has 0 saturated carbocycles. The number of aromatic nitrogens is 3. The number of nitrogens with one attached hydrogen (secondary N) is 2. The van der Waals surface area contributed by atoms with Gasteiger partial charge in [-0.05, 0) is 98.6 Å². The van der Waals surface area contributed by atoms with Crippen LogP contribution in [0.25, 0.3) is 22.3 Å². The zero-order valence-electron chi connectivity index (χ0n) is 35.2. The van der Waals surface area contributed by atoms with E-state index in [4.69, 9.17) is 9.47 Å². The third-order valence-electron chi connectivity index (χ3n) is 13.0. The number of hydrogen-bond donors (Lipinski definition) is 2. The number of anilines is 1. The van der Waals surface area contributed by atoms with Gasteiger partial charge in [0.1, 0.15) is 17.5 Å². The van der Waals surface area contributed by atoms with Crippen LogP contribution in [-0.2, 0) is 36.1 Å². The Morgan fingerprint density at radius 1 is 0.833 bits per heavy atom. The van der Waals surface area contributed by atoms with E-state index in [0.717, 1.165) is 97.2 Å². The van der Waals surface area contributed by atoms with Crippen molar-refractivity contribution in [2.45, 2.75) is 57.7 Å². The highest BCUT2D eigenvalue weighted by Gasteiger charge is 2.30. The second-order valence-electron chi connectivity index (χ2n) is 16.6. The fourth-order valence-electron chi connectivity index (χ4n) is 9.38. The number of rotatable bonds is 11. The van der Waals surface area contributed by atoms with Crippen LogP contribution >= 0.6 is 0 Å². The molecular formula is C45H57N9O6. The Morgan fingerprint density at radius 2 is 1.55 bits per heavy atom. The molecule has 15 nitrogen and oxygen atoms in total. The maximum absolute atomic E-state index is 13.2. The second-order valence-corrected chi connectivity index (χ2v) is 16.6. The number of urea groups is 1. The topological polar surface area (TPSA) is 147 Å². The van der Waals surface area contributed by atoms with Crippen LogP contribution in [0.3, 0.4) is 0 Å². The van der Waals surface area contributed by atoms with Gasteiger partial charge in [0.15, 0.2) is 0 Å². The van der Waals surface area contributed by atoms with Crippen molar-refractivity contribution in [3.63, 3.8) is 0 Å². The van der Waals surface area contributed by atoms with Gasteiger partial charge in [0.05, 0.1) is 32.5 Å². The highest BCUT2D eigenvalue weighted by Crippen LogP contribution is 2.39. The molecule has 0 radical (unpaired) electrons. The smallest absolute Gasteiger partial charge is 0.317 e. The van der Waals surface area contributed by atoms with E-state index in [1.165, 1.54) is 24.9 Å². The minimum absolute atomic E-state index is 0.0826. The molecule has 6 heterocycles. The molecule has 8 rings (SSSR count). The Bertz CT molecular complexity index is 2250. The molecule has 2 aromatic heterocycles. The van der Waals surface area contributed by atoms with Crippen LogP contribution in [0.4, 0.5) is 10.5 Å². The monoisotopic (exact) mass is 819 g/mol. The van der Waals surface area contributed by atoms with Gasteiger partial charge in [-0.2, -0.15) is 5.10 Å². The lowest BCUT2D eigenvalue weighted by Crippen LogP contribution is -2.47. The van der Waals surface area contributed by atoms with Crippen molar-refractivity contribution >= 4 is 23.5 Å². The van der Waals surface area contributed by atoms with Gasteiger partial charge in [0.2, 0.25) is 5.91 Å². The Balaban J connectivity index is 0.816. The summed E-state index contributed by atoms with van der Waals surface area (Å²) in [7, 11) is 6.77. The van der Waals surface area contributed by atoms with E-state index < -0.39 is 6.04 Å². The van der Waals surface area contributed by atoms with Gasteiger partial charge in [0.25, 0.3) is 11.5 Å². The van der Waals surface area contributed by atoms with Crippen molar-refractivity contribution < 1.29 is 23.9 Å². The summed E-state index contributed by atoms with van der Waals surface area (Å²) in [6, 6.07) is 12.1. The highest BCUT2D eigenvalue weighted by molar-refractivity contribution is 5.99. The summed E-state index contributed by atoms with van der Waals surface area (Å²) < 4.78 is 15.3. The van der Waals surface area contributed by atoms with Gasteiger partial charge >= 0.3 is 6.03 Å². The Labute approximate surface area is 351 Å². The lowest BCUT2D eigenvalue weighted by molar-refractivity contribution is -0.135. The van der Waals surface area contributed by atoms with E-state index in [-0.39, 0.29) is 29.9 Å². The van der Waals surface area contributed by atoms with Crippen molar-refractivity contribution in [1.29, 1.82) is 0 Å². The number of ether oxygens (including phenoxy) is 2. The zero-order valence-corrected chi connectivity index (χ0v) is 35.2. The molecule has 4 amide bonds. The van der Waals surface area contributed by atoms with Gasteiger partial charge in [-0.25, -0.2) is 4.79 Å². The van der Waals surface area contributed by atoms with Crippen LogP contribution in [0.15, 0.2) is 59.8 Å². The van der Waals surface area contributed by atoms with Crippen molar-refractivity contribution in [3.8, 4) is 33.8 Å². The first kappa shape index (κ1) is 41.1. The van der Waals surface area contributed by atoms with Crippen LogP contribution in [0.5, 0.6) is 11.5 Å². The standard InChI is InChI=1S/C45H57N9O6/c1-46-45(58)53-18-14-35-36(27-49(2)44(57)37(35)29-53)32-23-40(59-3)38(41(24-32)60-4)28-51-16-12-30(13-17-51)11-15-50-19-21-52(22-20-50)34-7-5-31(6-8-34)33-25-47-54(26-33)39-9-10-42(55)48-43(39)56/h5-8,23-27,30,39H,9-22,28-29H2,1-4H3,(H,46,58)(H,48,55,56). The lowest BCUT2D eigenvalue weighted by Gasteiger charge is -2.38. The maximum atomic E-state index is 13.2. The van der Waals surface area contributed by atoms with Crippen molar-refractivity contribution in [3.05, 3.63) is 82.0 Å². The molecular weight excluding hydrogens is 763 g/mol. The summed E-state index contributed by atoms with van der Waals surface area (Å²) in [6.07, 6.45) is 10.5. The van der Waals surface area contributed by atoms with E-state index in [2.05, 4.69) is 66.8 Å². The number of piperidine rings is 2. The number of carbonyl (C=O) groups excluding carboxylic acids is 3. The minimum atomic E-state index is -0.454. The third kappa shape index (κ3) is 8.64. The normalized spacial score (nSPS) is 19.2. The number of nitrogens with zero attached hydrogens (tertiary/aromatic N) is 7. The molecule has 2 N–H and O–H groups in total. The van der Waals surface area contributed by atoms with Crippen molar-refractivity contribution in [1.82, 2.24) is 39.7 Å². The molecule has 15 heteroatoms. The Hall–Kier alpha value is -5.67. The summed E-state index contributed by atoms with van der Waals surface area (Å²) in [5, 5.41) is 9.52. The third-order valence-corrected chi connectivity index (χ3v) is 13.0. The number of fused-ring (bicyclic) bond motifs is 1. The first-order valence-electron chi connectivity index (χ1n) is 21.2. The predicted molar refractivity (Wildman–Crippen MR) is 229 cm³/mol.